The average Bonchev–Trinajstić information content (AvgIpc) is 3.35. The lowest BCUT2D eigenvalue weighted by Crippen LogP contribution is -2.22. The van der Waals surface area contributed by atoms with Gasteiger partial charge in [-0.15, -0.1) is 21.5 Å². The number of amides is 1. The van der Waals surface area contributed by atoms with Gasteiger partial charge >= 0.3 is 0 Å². The molecule has 2 aromatic heterocycles. The summed E-state index contributed by atoms with van der Waals surface area (Å²) >= 11 is 2.79. The van der Waals surface area contributed by atoms with E-state index in [1.54, 1.807) is 0 Å². The van der Waals surface area contributed by atoms with Crippen molar-refractivity contribution >= 4 is 34.1 Å². The van der Waals surface area contributed by atoms with E-state index in [1.807, 2.05) is 84.5 Å². The number of aryl methyl sites for hydroxylation is 1. The van der Waals surface area contributed by atoms with Gasteiger partial charge in [-0.05, 0) is 26.0 Å². The van der Waals surface area contributed by atoms with Crippen LogP contribution in [-0.2, 0) is 4.79 Å². The minimum atomic E-state index is -0.366. The number of hydrogen-bond acceptors (Lipinski definition) is 6. The standard InChI is InChI=1S/C21H19N5OS2/c1-14-13-28-20(22-14)23-19(27)15(2)29-21-25-24-18(16-9-5-3-6-10-16)26(21)17-11-7-4-8-12-17/h3-13,15H,1-2H3,(H,22,23,27)/t15-/m1/s1. The van der Waals surface area contributed by atoms with E-state index in [9.17, 15) is 4.79 Å². The Hall–Kier alpha value is -2.97. The molecule has 1 N–H and O–H groups in total. The molecule has 1 amide bonds. The fourth-order valence-corrected chi connectivity index (χ4v) is 4.32. The fraction of sp³-hybridized carbons (Fsp3) is 0.143. The van der Waals surface area contributed by atoms with Gasteiger partial charge < -0.3 is 5.32 Å². The van der Waals surface area contributed by atoms with Gasteiger partial charge in [0.2, 0.25) is 5.91 Å². The van der Waals surface area contributed by atoms with Crippen molar-refractivity contribution in [3.63, 3.8) is 0 Å². The number of carbonyl (C=O) groups excluding carboxylic acids is 1. The van der Waals surface area contributed by atoms with Crippen LogP contribution in [0.5, 0.6) is 0 Å². The van der Waals surface area contributed by atoms with Crippen LogP contribution in [0, 0.1) is 6.92 Å². The van der Waals surface area contributed by atoms with Crippen LogP contribution in [0.25, 0.3) is 17.1 Å². The van der Waals surface area contributed by atoms with Crippen LogP contribution in [0.3, 0.4) is 0 Å². The van der Waals surface area contributed by atoms with E-state index in [1.165, 1.54) is 23.1 Å². The molecule has 2 aromatic carbocycles. The number of anilines is 1. The van der Waals surface area contributed by atoms with Gasteiger partial charge in [-0.3, -0.25) is 9.36 Å². The molecule has 0 bridgehead atoms. The molecule has 8 heteroatoms. The average molecular weight is 422 g/mol. The number of thiazole rings is 1. The first kappa shape index (κ1) is 19.4. The number of hydrogen-bond donors (Lipinski definition) is 1. The Morgan fingerprint density at radius 2 is 1.76 bits per heavy atom. The van der Waals surface area contributed by atoms with E-state index >= 15 is 0 Å². The second-order valence-electron chi connectivity index (χ2n) is 6.39. The minimum absolute atomic E-state index is 0.117. The number of rotatable bonds is 6. The van der Waals surface area contributed by atoms with Crippen LogP contribution < -0.4 is 5.32 Å². The number of carbonyl (C=O) groups is 1. The van der Waals surface area contributed by atoms with Crippen molar-refractivity contribution in [3.05, 3.63) is 71.7 Å². The summed E-state index contributed by atoms with van der Waals surface area (Å²) in [7, 11) is 0. The molecule has 0 saturated carbocycles. The second kappa shape index (κ2) is 8.59. The van der Waals surface area contributed by atoms with E-state index in [4.69, 9.17) is 0 Å². The zero-order chi connectivity index (χ0) is 20.2. The summed E-state index contributed by atoms with van der Waals surface area (Å²) in [5, 5.41) is 14.5. The lowest BCUT2D eigenvalue weighted by molar-refractivity contribution is -0.115. The predicted octanol–water partition coefficient (Wildman–Crippen LogP) is 4.82. The maximum atomic E-state index is 12.6. The number of aromatic nitrogens is 4. The zero-order valence-electron chi connectivity index (χ0n) is 15.9. The molecule has 0 fully saturated rings. The molecule has 0 radical (unpaired) electrons. The van der Waals surface area contributed by atoms with Crippen LogP contribution in [-0.4, -0.2) is 30.9 Å². The molecule has 1 atom stereocenters. The van der Waals surface area contributed by atoms with Gasteiger partial charge in [-0.2, -0.15) is 0 Å². The maximum Gasteiger partial charge on any atom is 0.239 e. The molecule has 0 saturated heterocycles. The van der Waals surface area contributed by atoms with Gasteiger partial charge in [0.25, 0.3) is 0 Å². The smallest absolute Gasteiger partial charge is 0.239 e. The first-order valence-electron chi connectivity index (χ1n) is 9.08. The molecule has 146 valence electrons. The number of nitrogens with one attached hydrogen (secondary N) is 1. The third-order valence-electron chi connectivity index (χ3n) is 4.18. The Morgan fingerprint density at radius 3 is 2.41 bits per heavy atom. The summed E-state index contributed by atoms with van der Waals surface area (Å²) in [4.78, 5) is 16.9. The number of para-hydroxylation sites is 1. The molecule has 4 rings (SSSR count). The number of nitrogens with zero attached hydrogens (tertiary/aromatic N) is 4. The first-order valence-corrected chi connectivity index (χ1v) is 10.8. The molecule has 0 aliphatic rings. The van der Waals surface area contributed by atoms with E-state index in [2.05, 4.69) is 20.5 Å². The summed E-state index contributed by atoms with van der Waals surface area (Å²) in [5.74, 6) is 0.621. The van der Waals surface area contributed by atoms with Crippen LogP contribution in [0.1, 0.15) is 12.6 Å². The SMILES string of the molecule is Cc1csc(NC(=O)[C@@H](C)Sc2nnc(-c3ccccc3)n2-c2ccccc2)n1. The third kappa shape index (κ3) is 4.38. The fourth-order valence-electron chi connectivity index (χ4n) is 2.76. The van der Waals surface area contributed by atoms with Crippen molar-refractivity contribution in [2.24, 2.45) is 0 Å². The Kier molecular flexibility index (Phi) is 5.73. The predicted molar refractivity (Wildman–Crippen MR) is 118 cm³/mol. The minimum Gasteiger partial charge on any atom is -0.301 e. The van der Waals surface area contributed by atoms with Gasteiger partial charge in [0.1, 0.15) is 0 Å². The summed E-state index contributed by atoms with van der Waals surface area (Å²) in [6, 6.07) is 19.8. The summed E-state index contributed by atoms with van der Waals surface area (Å²) < 4.78 is 1.98. The van der Waals surface area contributed by atoms with E-state index in [-0.39, 0.29) is 11.2 Å². The highest BCUT2D eigenvalue weighted by molar-refractivity contribution is 8.00. The molecular weight excluding hydrogens is 402 g/mol. The van der Waals surface area contributed by atoms with Crippen LogP contribution in [0.2, 0.25) is 0 Å². The monoisotopic (exact) mass is 421 g/mol. The van der Waals surface area contributed by atoms with Gasteiger partial charge in [0, 0.05) is 16.6 Å². The summed E-state index contributed by atoms with van der Waals surface area (Å²) in [6.45, 7) is 3.75. The highest BCUT2D eigenvalue weighted by atomic mass is 32.2. The Balaban J connectivity index is 1.63. The lowest BCUT2D eigenvalue weighted by atomic mass is 10.2. The Bertz CT molecular complexity index is 1110. The third-order valence-corrected chi connectivity index (χ3v) is 6.10. The highest BCUT2D eigenvalue weighted by Gasteiger charge is 2.22. The van der Waals surface area contributed by atoms with Crippen LogP contribution >= 0.6 is 23.1 Å². The molecule has 29 heavy (non-hydrogen) atoms. The van der Waals surface area contributed by atoms with Crippen molar-refractivity contribution in [1.82, 2.24) is 19.7 Å². The molecule has 0 spiro atoms. The highest BCUT2D eigenvalue weighted by Crippen LogP contribution is 2.30. The van der Waals surface area contributed by atoms with E-state index in [0.717, 1.165) is 22.8 Å². The van der Waals surface area contributed by atoms with Crippen molar-refractivity contribution in [3.8, 4) is 17.1 Å². The van der Waals surface area contributed by atoms with Gasteiger partial charge in [-0.25, -0.2) is 4.98 Å². The molecular formula is C21H19N5OS2. The number of thioether (sulfide) groups is 1. The van der Waals surface area contributed by atoms with E-state index in [0.29, 0.717) is 10.3 Å². The van der Waals surface area contributed by atoms with Crippen LogP contribution in [0.15, 0.2) is 71.2 Å². The topological polar surface area (TPSA) is 72.7 Å². The molecule has 6 nitrogen and oxygen atoms in total. The molecule has 0 aliphatic heterocycles. The second-order valence-corrected chi connectivity index (χ2v) is 8.55. The van der Waals surface area contributed by atoms with Crippen molar-refractivity contribution in [2.45, 2.75) is 24.3 Å². The van der Waals surface area contributed by atoms with Crippen molar-refractivity contribution in [2.75, 3.05) is 5.32 Å². The first-order chi connectivity index (χ1) is 14.1. The zero-order valence-corrected chi connectivity index (χ0v) is 17.6. The van der Waals surface area contributed by atoms with Crippen molar-refractivity contribution in [1.29, 1.82) is 0 Å². The van der Waals surface area contributed by atoms with Gasteiger partial charge in [-0.1, -0.05) is 60.3 Å². The van der Waals surface area contributed by atoms with Gasteiger partial charge in [0.15, 0.2) is 16.1 Å². The Morgan fingerprint density at radius 1 is 1.07 bits per heavy atom. The van der Waals surface area contributed by atoms with Gasteiger partial charge in [0.05, 0.1) is 10.9 Å². The summed E-state index contributed by atoms with van der Waals surface area (Å²) in [6.07, 6.45) is 0. The van der Waals surface area contributed by atoms with Crippen molar-refractivity contribution < 1.29 is 4.79 Å². The van der Waals surface area contributed by atoms with E-state index < -0.39 is 0 Å². The lowest BCUT2D eigenvalue weighted by Gasteiger charge is -2.13. The molecule has 4 aromatic rings. The van der Waals surface area contributed by atoms with Crippen LogP contribution in [0.4, 0.5) is 5.13 Å². The summed E-state index contributed by atoms with van der Waals surface area (Å²) in [5.41, 5.74) is 2.80. The quantitative estimate of drug-likeness (QED) is 0.452. The maximum absolute atomic E-state index is 12.6. The largest absolute Gasteiger partial charge is 0.301 e. The molecule has 0 unspecified atom stereocenters. The number of benzene rings is 2. The normalized spacial score (nSPS) is 11.9. The molecule has 2 heterocycles. The molecule has 0 aliphatic carbocycles. The Labute approximate surface area is 177 Å².